The molecule has 6 nitrogen and oxygen atoms in total. The van der Waals surface area contributed by atoms with Crippen molar-refractivity contribution in [3.63, 3.8) is 0 Å². The Labute approximate surface area is 148 Å². The fourth-order valence-electron chi connectivity index (χ4n) is 3.36. The lowest BCUT2D eigenvalue weighted by Crippen LogP contribution is -2.34. The van der Waals surface area contributed by atoms with Crippen molar-refractivity contribution in [2.45, 2.75) is 19.3 Å². The van der Waals surface area contributed by atoms with Crippen LogP contribution in [0, 0.1) is 12.5 Å². The number of nitrogens with zero attached hydrogens (tertiary/aromatic N) is 2. The molecule has 25 heavy (non-hydrogen) atoms. The maximum atomic E-state index is 11.3. The second-order valence-electron chi connectivity index (χ2n) is 6.60. The van der Waals surface area contributed by atoms with Crippen molar-refractivity contribution >= 4 is 22.7 Å². The number of alkyl carbamates (subject to hydrolysis) is 1. The third kappa shape index (κ3) is 4.12. The highest BCUT2D eigenvalue weighted by Crippen LogP contribution is 2.50. The SMILES string of the molecule is [C-]#[N+]c1ccc2[nH]cc(C3CC3CN(C)CCNC(=O)OCC)c2c1. The van der Waals surface area contributed by atoms with Crippen LogP contribution in [-0.4, -0.2) is 49.3 Å². The summed E-state index contributed by atoms with van der Waals surface area (Å²) < 4.78 is 4.85. The molecule has 1 aromatic carbocycles. The van der Waals surface area contributed by atoms with Crippen LogP contribution in [0.15, 0.2) is 24.4 Å². The van der Waals surface area contributed by atoms with Gasteiger partial charge in [-0.15, -0.1) is 0 Å². The molecule has 1 amide bonds. The van der Waals surface area contributed by atoms with Gasteiger partial charge in [0.25, 0.3) is 0 Å². The molecule has 0 radical (unpaired) electrons. The number of benzene rings is 1. The molecule has 0 saturated heterocycles. The fourth-order valence-corrected chi connectivity index (χ4v) is 3.36. The van der Waals surface area contributed by atoms with Crippen LogP contribution in [-0.2, 0) is 4.74 Å². The quantitative estimate of drug-likeness (QED) is 0.758. The molecule has 2 atom stereocenters. The highest BCUT2D eigenvalue weighted by Gasteiger charge is 2.40. The fraction of sp³-hybridized carbons (Fsp3) is 0.474. The zero-order valence-corrected chi connectivity index (χ0v) is 14.7. The molecule has 132 valence electrons. The van der Waals surface area contributed by atoms with E-state index >= 15 is 0 Å². The Kier molecular flexibility index (Phi) is 5.25. The molecule has 6 heteroatoms. The number of ether oxygens (including phenoxy) is 1. The van der Waals surface area contributed by atoms with E-state index in [0.717, 1.165) is 18.6 Å². The summed E-state index contributed by atoms with van der Waals surface area (Å²) in [5.74, 6) is 1.18. The minimum atomic E-state index is -0.352. The first-order valence-corrected chi connectivity index (χ1v) is 8.70. The molecule has 3 rings (SSSR count). The van der Waals surface area contributed by atoms with Crippen LogP contribution < -0.4 is 5.32 Å². The summed E-state index contributed by atoms with van der Waals surface area (Å²) in [6, 6.07) is 5.82. The topological polar surface area (TPSA) is 61.7 Å². The normalized spacial score (nSPS) is 19.0. The van der Waals surface area contributed by atoms with E-state index in [2.05, 4.69) is 33.3 Å². The molecule has 2 aromatic rings. The molecule has 1 aromatic heterocycles. The number of carbonyl (C=O) groups is 1. The van der Waals surface area contributed by atoms with Gasteiger partial charge in [-0.1, -0.05) is 6.07 Å². The Balaban J connectivity index is 1.51. The van der Waals surface area contributed by atoms with Gasteiger partial charge in [0.15, 0.2) is 5.69 Å². The number of hydrogen-bond acceptors (Lipinski definition) is 3. The zero-order chi connectivity index (χ0) is 17.8. The highest BCUT2D eigenvalue weighted by molar-refractivity contribution is 5.87. The van der Waals surface area contributed by atoms with E-state index in [1.165, 1.54) is 17.4 Å². The van der Waals surface area contributed by atoms with Gasteiger partial charge in [0.2, 0.25) is 0 Å². The average molecular weight is 340 g/mol. The van der Waals surface area contributed by atoms with E-state index in [0.29, 0.717) is 30.7 Å². The van der Waals surface area contributed by atoms with Gasteiger partial charge < -0.3 is 19.9 Å². The van der Waals surface area contributed by atoms with Crippen LogP contribution in [0.2, 0.25) is 0 Å². The number of carbonyl (C=O) groups excluding carboxylic acids is 1. The maximum Gasteiger partial charge on any atom is 0.407 e. The first-order valence-electron chi connectivity index (χ1n) is 8.70. The largest absolute Gasteiger partial charge is 0.450 e. The number of hydrogen-bond donors (Lipinski definition) is 2. The summed E-state index contributed by atoms with van der Waals surface area (Å²) in [6.45, 7) is 11.8. The Morgan fingerprint density at radius 1 is 1.52 bits per heavy atom. The van der Waals surface area contributed by atoms with E-state index in [1.54, 1.807) is 6.92 Å². The molecule has 2 N–H and O–H groups in total. The Bertz CT molecular complexity index is 792. The molecule has 2 unspecified atom stereocenters. The van der Waals surface area contributed by atoms with Gasteiger partial charge in [-0.05, 0) is 55.3 Å². The summed E-state index contributed by atoms with van der Waals surface area (Å²) in [6.07, 6.45) is 2.91. The van der Waals surface area contributed by atoms with Crippen LogP contribution in [0.25, 0.3) is 15.7 Å². The first-order chi connectivity index (χ1) is 12.1. The lowest BCUT2D eigenvalue weighted by Gasteiger charge is -2.16. The number of aromatic amines is 1. The first kappa shape index (κ1) is 17.3. The van der Waals surface area contributed by atoms with Crippen molar-refractivity contribution in [2.75, 3.05) is 33.3 Å². The van der Waals surface area contributed by atoms with Crippen LogP contribution in [0.4, 0.5) is 10.5 Å². The molecular formula is C19H24N4O2. The molecule has 0 aliphatic heterocycles. The van der Waals surface area contributed by atoms with Gasteiger partial charge >= 0.3 is 6.09 Å². The zero-order valence-electron chi connectivity index (χ0n) is 14.7. The van der Waals surface area contributed by atoms with Crippen molar-refractivity contribution < 1.29 is 9.53 Å². The lowest BCUT2D eigenvalue weighted by atomic mass is 10.1. The molecule has 1 aliphatic carbocycles. The number of likely N-dealkylation sites (N-methyl/N-ethyl adjacent to an activating group) is 1. The molecule has 1 aliphatic rings. The Hall–Kier alpha value is -2.52. The van der Waals surface area contributed by atoms with Gasteiger partial charge in [0, 0.05) is 31.3 Å². The Morgan fingerprint density at radius 2 is 2.36 bits per heavy atom. The van der Waals surface area contributed by atoms with Crippen LogP contribution >= 0.6 is 0 Å². The molecule has 1 fully saturated rings. The number of fused-ring (bicyclic) bond motifs is 1. The van der Waals surface area contributed by atoms with Crippen molar-refractivity contribution in [2.24, 2.45) is 5.92 Å². The molecule has 1 heterocycles. The second kappa shape index (κ2) is 7.58. The number of aromatic nitrogens is 1. The van der Waals surface area contributed by atoms with E-state index in [1.807, 2.05) is 18.2 Å². The van der Waals surface area contributed by atoms with Crippen LogP contribution in [0.3, 0.4) is 0 Å². The standard InChI is InChI=1S/C19H24N4O2/c1-4-25-19(24)21-7-8-23(3)12-13-9-15(13)17-11-22-18-6-5-14(20-2)10-16(17)18/h5-6,10-11,13,15,22H,4,7-9,12H2,1,3H3,(H,21,24). The van der Waals surface area contributed by atoms with Gasteiger partial charge in [-0.25, -0.2) is 9.64 Å². The van der Waals surface area contributed by atoms with E-state index in [4.69, 9.17) is 11.3 Å². The smallest absolute Gasteiger partial charge is 0.407 e. The van der Waals surface area contributed by atoms with Crippen molar-refractivity contribution in [3.05, 3.63) is 41.4 Å². The minimum absolute atomic E-state index is 0.352. The van der Waals surface area contributed by atoms with E-state index in [9.17, 15) is 4.79 Å². The summed E-state index contributed by atoms with van der Waals surface area (Å²) >= 11 is 0. The summed E-state index contributed by atoms with van der Waals surface area (Å²) in [5, 5.41) is 3.92. The van der Waals surface area contributed by atoms with E-state index < -0.39 is 0 Å². The average Bonchev–Trinajstić information content (AvgIpc) is 3.21. The van der Waals surface area contributed by atoms with Crippen LogP contribution in [0.1, 0.15) is 24.8 Å². The number of rotatable bonds is 7. The number of H-pyrrole nitrogens is 1. The Morgan fingerprint density at radius 3 is 3.12 bits per heavy atom. The van der Waals surface area contributed by atoms with Crippen LogP contribution in [0.5, 0.6) is 0 Å². The van der Waals surface area contributed by atoms with Crippen molar-refractivity contribution in [3.8, 4) is 0 Å². The monoisotopic (exact) mass is 340 g/mol. The maximum absolute atomic E-state index is 11.3. The highest BCUT2D eigenvalue weighted by atomic mass is 16.5. The summed E-state index contributed by atoms with van der Waals surface area (Å²) in [4.78, 5) is 20.4. The molecule has 0 bridgehead atoms. The molecular weight excluding hydrogens is 316 g/mol. The van der Waals surface area contributed by atoms with Gasteiger partial charge in [-0.3, -0.25) is 0 Å². The third-order valence-corrected chi connectivity index (χ3v) is 4.73. The number of amides is 1. The second-order valence-corrected chi connectivity index (χ2v) is 6.60. The van der Waals surface area contributed by atoms with Gasteiger partial charge in [-0.2, -0.15) is 0 Å². The lowest BCUT2D eigenvalue weighted by molar-refractivity contribution is 0.151. The van der Waals surface area contributed by atoms with Gasteiger partial charge in [0.05, 0.1) is 13.2 Å². The summed E-state index contributed by atoms with van der Waals surface area (Å²) in [7, 11) is 2.08. The predicted octanol–water partition coefficient (Wildman–Crippen LogP) is 3.50. The molecule has 1 saturated carbocycles. The summed E-state index contributed by atoms with van der Waals surface area (Å²) in [5.41, 5.74) is 3.11. The number of nitrogens with one attached hydrogen (secondary N) is 2. The van der Waals surface area contributed by atoms with Crippen molar-refractivity contribution in [1.82, 2.24) is 15.2 Å². The third-order valence-electron chi connectivity index (χ3n) is 4.73. The molecule has 0 spiro atoms. The minimum Gasteiger partial charge on any atom is -0.450 e. The van der Waals surface area contributed by atoms with Gasteiger partial charge in [0.1, 0.15) is 0 Å². The van der Waals surface area contributed by atoms with E-state index in [-0.39, 0.29) is 6.09 Å². The van der Waals surface area contributed by atoms with Crippen molar-refractivity contribution in [1.29, 1.82) is 0 Å². The predicted molar refractivity (Wildman–Crippen MR) is 97.9 cm³/mol.